The van der Waals surface area contributed by atoms with Crippen molar-refractivity contribution in [2.24, 2.45) is 4.99 Å². The monoisotopic (exact) mass is 346 g/mol. The van der Waals surface area contributed by atoms with Gasteiger partial charge in [-0.05, 0) is 56.3 Å². The van der Waals surface area contributed by atoms with Gasteiger partial charge in [-0.15, -0.1) is 0 Å². The van der Waals surface area contributed by atoms with Crippen molar-refractivity contribution in [2.45, 2.75) is 18.8 Å². The second-order valence-corrected chi connectivity index (χ2v) is 6.58. The molecule has 0 atom stereocenters. The van der Waals surface area contributed by atoms with Crippen LogP contribution in [0.15, 0.2) is 41.5 Å². The predicted molar refractivity (Wildman–Crippen MR) is 106 cm³/mol. The van der Waals surface area contributed by atoms with E-state index in [-0.39, 0.29) is 0 Å². The number of hydrogen-bond donors (Lipinski definition) is 2. The van der Waals surface area contributed by atoms with Gasteiger partial charge >= 0.3 is 0 Å². The summed E-state index contributed by atoms with van der Waals surface area (Å²) >= 11 is 0. The highest BCUT2D eigenvalue weighted by Gasteiger charge is 2.17. The van der Waals surface area contributed by atoms with Gasteiger partial charge in [0, 0.05) is 30.4 Å². The van der Waals surface area contributed by atoms with Crippen molar-refractivity contribution in [2.75, 3.05) is 25.9 Å². The largest absolute Gasteiger partial charge is 0.397 e. The van der Waals surface area contributed by atoms with Gasteiger partial charge in [0.25, 0.3) is 0 Å². The molecule has 6 nitrogen and oxygen atoms in total. The Bertz CT molecular complexity index is 960. The number of nitrogens with two attached hydrogens (primary N) is 1. The van der Waals surface area contributed by atoms with E-state index in [1.807, 2.05) is 18.2 Å². The third kappa shape index (κ3) is 3.28. The molecule has 0 spiro atoms. The van der Waals surface area contributed by atoms with E-state index in [0.717, 1.165) is 53.9 Å². The van der Waals surface area contributed by atoms with Gasteiger partial charge < -0.3 is 11.1 Å². The van der Waals surface area contributed by atoms with Gasteiger partial charge in [0.2, 0.25) is 0 Å². The van der Waals surface area contributed by atoms with Crippen molar-refractivity contribution in [3.05, 3.63) is 47.8 Å². The van der Waals surface area contributed by atoms with E-state index in [0.29, 0.717) is 11.6 Å². The van der Waals surface area contributed by atoms with E-state index in [9.17, 15) is 0 Å². The van der Waals surface area contributed by atoms with Gasteiger partial charge in [-0.3, -0.25) is 15.0 Å². The van der Waals surface area contributed by atoms with Crippen molar-refractivity contribution in [3.8, 4) is 11.4 Å². The van der Waals surface area contributed by atoms with Crippen LogP contribution in [0, 0.1) is 0 Å². The van der Waals surface area contributed by atoms with Crippen LogP contribution in [0.4, 0.5) is 5.69 Å². The Labute approximate surface area is 152 Å². The maximum Gasteiger partial charge on any atom is 0.0895 e. The summed E-state index contributed by atoms with van der Waals surface area (Å²) in [5, 5.41) is 3.40. The molecule has 0 aromatic carbocycles. The number of fused-ring (bicyclic) bond motifs is 1. The zero-order valence-electron chi connectivity index (χ0n) is 14.8. The zero-order valence-corrected chi connectivity index (χ0v) is 14.8. The molecular formula is C20H22N6. The molecule has 6 heteroatoms. The minimum atomic E-state index is 0.537. The number of anilines is 1. The summed E-state index contributed by atoms with van der Waals surface area (Å²) in [5.41, 5.74) is 11.9. The van der Waals surface area contributed by atoms with E-state index in [4.69, 9.17) is 15.7 Å². The number of hydrogen-bond acceptors (Lipinski definition) is 6. The van der Waals surface area contributed by atoms with Gasteiger partial charge in [-0.1, -0.05) is 0 Å². The van der Waals surface area contributed by atoms with Gasteiger partial charge in [-0.25, -0.2) is 4.98 Å². The minimum absolute atomic E-state index is 0.537. The van der Waals surface area contributed by atoms with Crippen molar-refractivity contribution in [3.63, 3.8) is 0 Å². The summed E-state index contributed by atoms with van der Waals surface area (Å²) in [5.74, 6) is 0.537. The number of pyridine rings is 3. The Hall–Kier alpha value is -2.86. The van der Waals surface area contributed by atoms with Crippen LogP contribution >= 0.6 is 0 Å². The third-order valence-electron chi connectivity index (χ3n) is 4.82. The molecule has 0 radical (unpaired) electrons. The Morgan fingerprint density at radius 3 is 2.65 bits per heavy atom. The number of aromatic nitrogens is 3. The first kappa shape index (κ1) is 16.6. The van der Waals surface area contributed by atoms with E-state index >= 15 is 0 Å². The molecule has 3 aromatic rings. The summed E-state index contributed by atoms with van der Waals surface area (Å²) in [4.78, 5) is 18.0. The second kappa shape index (κ2) is 7.17. The van der Waals surface area contributed by atoms with Gasteiger partial charge in [0.15, 0.2) is 0 Å². The Balaban J connectivity index is 1.68. The van der Waals surface area contributed by atoms with Crippen LogP contribution < -0.4 is 11.1 Å². The first-order valence-corrected chi connectivity index (χ1v) is 8.91. The highest BCUT2D eigenvalue weighted by molar-refractivity contribution is 5.88. The molecule has 0 amide bonds. The predicted octanol–water partition coefficient (Wildman–Crippen LogP) is 2.79. The summed E-state index contributed by atoms with van der Waals surface area (Å²) in [6, 6.07) is 10.1. The molecule has 0 aliphatic carbocycles. The summed E-state index contributed by atoms with van der Waals surface area (Å²) in [7, 11) is 1.72. The molecule has 1 aliphatic heterocycles. The maximum atomic E-state index is 5.94. The van der Waals surface area contributed by atoms with E-state index in [2.05, 4.69) is 27.4 Å². The van der Waals surface area contributed by atoms with Crippen molar-refractivity contribution >= 4 is 22.9 Å². The lowest BCUT2D eigenvalue weighted by atomic mass is 9.94. The average molecular weight is 346 g/mol. The number of aliphatic imine (C=N–C) groups is 1. The first-order chi connectivity index (χ1) is 12.7. The highest BCUT2D eigenvalue weighted by Crippen LogP contribution is 2.26. The quantitative estimate of drug-likeness (QED) is 0.712. The summed E-state index contributed by atoms with van der Waals surface area (Å²) < 4.78 is 0. The van der Waals surface area contributed by atoms with E-state index < -0.39 is 0 Å². The van der Waals surface area contributed by atoms with Crippen molar-refractivity contribution in [1.82, 2.24) is 20.3 Å². The fourth-order valence-electron chi connectivity index (χ4n) is 3.39. The smallest absolute Gasteiger partial charge is 0.0895 e. The molecular weight excluding hydrogens is 324 g/mol. The Kier molecular flexibility index (Phi) is 4.58. The van der Waals surface area contributed by atoms with Crippen LogP contribution in [0.5, 0.6) is 0 Å². The van der Waals surface area contributed by atoms with Crippen LogP contribution in [0.1, 0.15) is 30.0 Å². The summed E-state index contributed by atoms with van der Waals surface area (Å²) in [6.07, 6.45) is 5.66. The lowest BCUT2D eigenvalue weighted by molar-refractivity contribution is 0.454. The van der Waals surface area contributed by atoms with Crippen LogP contribution in [0.25, 0.3) is 22.4 Å². The summed E-state index contributed by atoms with van der Waals surface area (Å²) in [6.45, 7) is 2.13. The lowest BCUT2D eigenvalue weighted by Gasteiger charge is -2.22. The topological polar surface area (TPSA) is 89.1 Å². The number of rotatable bonds is 3. The molecule has 4 rings (SSSR count). The average Bonchev–Trinajstić information content (AvgIpc) is 2.70. The maximum absolute atomic E-state index is 5.94. The third-order valence-corrected chi connectivity index (χ3v) is 4.82. The molecule has 0 saturated carbocycles. The SMILES string of the molecule is CN=Cc1cc(-c2ccc3nc(C4CCNCC4)ccc3n2)ncc1N. The van der Waals surface area contributed by atoms with Crippen molar-refractivity contribution < 1.29 is 0 Å². The molecule has 3 N–H and O–H groups in total. The standard InChI is InChI=1S/C20H22N6/c1-22-11-14-10-20(24-12-15(14)21)19-5-4-17-18(26-19)3-2-16(25-17)13-6-8-23-9-7-13/h2-5,10-13,23H,6-9,21H2,1H3. The molecule has 0 unspecified atom stereocenters. The molecule has 3 aromatic heterocycles. The molecule has 4 heterocycles. The second-order valence-electron chi connectivity index (χ2n) is 6.58. The van der Waals surface area contributed by atoms with Crippen LogP contribution in [-0.4, -0.2) is 41.3 Å². The number of nitrogen functional groups attached to an aromatic ring is 1. The van der Waals surface area contributed by atoms with Crippen LogP contribution in [0.2, 0.25) is 0 Å². The molecule has 1 saturated heterocycles. The molecule has 1 fully saturated rings. The van der Waals surface area contributed by atoms with Gasteiger partial charge in [0.1, 0.15) is 0 Å². The molecule has 1 aliphatic rings. The zero-order chi connectivity index (χ0) is 17.9. The highest BCUT2D eigenvalue weighted by atomic mass is 14.9. The molecule has 0 bridgehead atoms. The fourth-order valence-corrected chi connectivity index (χ4v) is 3.39. The number of nitrogens with one attached hydrogen (secondary N) is 1. The van der Waals surface area contributed by atoms with Crippen LogP contribution in [-0.2, 0) is 0 Å². The first-order valence-electron chi connectivity index (χ1n) is 8.91. The van der Waals surface area contributed by atoms with Crippen LogP contribution in [0.3, 0.4) is 0 Å². The number of piperidine rings is 1. The number of nitrogens with zero attached hydrogens (tertiary/aromatic N) is 4. The van der Waals surface area contributed by atoms with E-state index in [1.54, 1.807) is 19.5 Å². The normalized spacial score (nSPS) is 15.7. The molecule has 132 valence electrons. The minimum Gasteiger partial charge on any atom is -0.397 e. The fraction of sp³-hybridized carbons (Fsp3) is 0.300. The van der Waals surface area contributed by atoms with Crippen molar-refractivity contribution in [1.29, 1.82) is 0 Å². The van der Waals surface area contributed by atoms with Gasteiger partial charge in [-0.2, -0.15) is 0 Å². The van der Waals surface area contributed by atoms with Gasteiger partial charge in [0.05, 0.1) is 34.3 Å². The lowest BCUT2D eigenvalue weighted by Crippen LogP contribution is -2.27. The van der Waals surface area contributed by atoms with E-state index in [1.165, 1.54) is 5.69 Å². The Morgan fingerprint density at radius 1 is 1.08 bits per heavy atom. The molecule has 26 heavy (non-hydrogen) atoms. The Morgan fingerprint density at radius 2 is 1.85 bits per heavy atom.